The molecule has 7 nitrogen and oxygen atoms in total. The van der Waals surface area contributed by atoms with Crippen molar-refractivity contribution >= 4 is 16.9 Å². The van der Waals surface area contributed by atoms with Crippen LogP contribution in [-0.4, -0.2) is 30.4 Å². The molecule has 1 fully saturated rings. The van der Waals surface area contributed by atoms with Gasteiger partial charge in [0.25, 0.3) is 12.3 Å². The molecule has 220 valence electrons. The average Bonchev–Trinajstić information content (AvgIpc) is 3.34. The summed E-state index contributed by atoms with van der Waals surface area (Å²) in [7, 11) is 0. The Hall–Kier alpha value is -4.68. The van der Waals surface area contributed by atoms with Crippen molar-refractivity contribution in [3.63, 3.8) is 0 Å². The number of H-pyrrole nitrogens is 1. The smallest absolute Gasteiger partial charge is 0.291 e. The van der Waals surface area contributed by atoms with Crippen LogP contribution in [0.4, 0.5) is 26.3 Å². The largest absolute Gasteiger partial charge is 0.346 e. The summed E-state index contributed by atoms with van der Waals surface area (Å²) in [6.07, 6.45) is 2.21. The Morgan fingerprint density at radius 3 is 2.67 bits per heavy atom. The summed E-state index contributed by atoms with van der Waals surface area (Å²) in [6, 6.07) is 7.27. The number of amides is 1. The number of imidazole rings is 1. The monoisotopic (exact) mass is 596 g/mol. The van der Waals surface area contributed by atoms with Crippen LogP contribution in [0.3, 0.4) is 0 Å². The molecular formula is C30H22F6N6O. The van der Waals surface area contributed by atoms with Crippen molar-refractivity contribution in [3.05, 3.63) is 101 Å². The predicted molar refractivity (Wildman–Crippen MR) is 142 cm³/mol. The van der Waals surface area contributed by atoms with Crippen molar-refractivity contribution in [3.8, 4) is 11.1 Å². The maximum Gasteiger partial charge on any atom is 0.291 e. The summed E-state index contributed by atoms with van der Waals surface area (Å²) in [5, 5.41) is 2.75. The van der Waals surface area contributed by atoms with Crippen LogP contribution in [0, 0.1) is 17.6 Å². The minimum atomic E-state index is -3.34. The van der Waals surface area contributed by atoms with E-state index in [1.54, 1.807) is 12.1 Å². The molecule has 3 aromatic heterocycles. The zero-order valence-corrected chi connectivity index (χ0v) is 22.2. The standard InChI is InChI=1S/C30H22F6N6O/c31-15-4-14(5-16(32)7-15)6-23(27-19(9-37-12-39-27)17-2-1-3-22-26(17)40-13-38-22)41-24(43)11-42-10-20(29(33)34)25-18-8-21(18)30(35,36)28(25)42/h1-5,7,9-10,12-13,18,21,23,29H,6,8,11H2,(H,38,40)(H,41,43)/t18?,21?,23-/m0/s1. The first-order valence-corrected chi connectivity index (χ1v) is 13.5. The third-order valence-electron chi connectivity index (χ3n) is 8.15. The van der Waals surface area contributed by atoms with Gasteiger partial charge < -0.3 is 14.9 Å². The zero-order chi connectivity index (χ0) is 30.0. The van der Waals surface area contributed by atoms with Gasteiger partial charge in [-0.1, -0.05) is 12.1 Å². The number of fused-ring (bicyclic) bond motifs is 4. The van der Waals surface area contributed by atoms with Crippen molar-refractivity contribution in [2.24, 2.45) is 5.92 Å². The number of para-hydroxylation sites is 1. The topological polar surface area (TPSA) is 88.5 Å². The minimum absolute atomic E-state index is 0.0743. The number of nitrogens with one attached hydrogen (secondary N) is 2. The first-order valence-electron chi connectivity index (χ1n) is 13.5. The molecule has 2 aliphatic carbocycles. The summed E-state index contributed by atoms with van der Waals surface area (Å²) in [4.78, 5) is 29.3. The van der Waals surface area contributed by atoms with Crippen molar-refractivity contribution in [2.45, 2.75) is 43.7 Å². The first kappa shape index (κ1) is 27.2. The van der Waals surface area contributed by atoms with Crippen molar-refractivity contribution in [2.75, 3.05) is 0 Å². The van der Waals surface area contributed by atoms with E-state index >= 15 is 8.78 Å². The van der Waals surface area contributed by atoms with E-state index in [0.717, 1.165) is 28.4 Å². The maximum atomic E-state index is 15.1. The molecule has 13 heteroatoms. The third kappa shape index (κ3) is 4.63. The minimum Gasteiger partial charge on any atom is -0.346 e. The van der Waals surface area contributed by atoms with Gasteiger partial charge in [-0.3, -0.25) is 4.79 Å². The SMILES string of the molecule is O=C(Cn1cc(C(F)F)c2c1C(F)(F)C1CC21)N[C@@H](Cc1cc(F)cc(F)c1)c1ncncc1-c1cccc2[nH]cnc12. The normalized spacial score (nSPS) is 19.0. The van der Waals surface area contributed by atoms with Gasteiger partial charge in [-0.05, 0) is 48.1 Å². The molecule has 0 bridgehead atoms. The number of aromatic amines is 1. The second-order valence-corrected chi connectivity index (χ2v) is 10.9. The average molecular weight is 597 g/mol. The van der Waals surface area contributed by atoms with Crippen LogP contribution >= 0.6 is 0 Å². The second-order valence-electron chi connectivity index (χ2n) is 10.9. The summed E-state index contributed by atoms with van der Waals surface area (Å²) in [5.74, 6) is -7.47. The maximum absolute atomic E-state index is 15.1. The fourth-order valence-corrected chi connectivity index (χ4v) is 6.33. The summed E-state index contributed by atoms with van der Waals surface area (Å²) >= 11 is 0. The van der Waals surface area contributed by atoms with Gasteiger partial charge in [0.15, 0.2) is 0 Å². The van der Waals surface area contributed by atoms with Gasteiger partial charge in [0.2, 0.25) is 5.91 Å². The number of nitrogens with zero attached hydrogens (tertiary/aromatic N) is 4. The molecule has 0 spiro atoms. The van der Waals surface area contributed by atoms with Crippen LogP contribution < -0.4 is 5.32 Å². The number of alkyl halides is 4. The molecule has 3 heterocycles. The fraction of sp³-hybridized carbons (Fsp3) is 0.267. The van der Waals surface area contributed by atoms with E-state index in [2.05, 4.69) is 25.3 Å². The Morgan fingerprint density at radius 2 is 1.91 bits per heavy atom. The van der Waals surface area contributed by atoms with E-state index in [1.807, 2.05) is 6.07 Å². The van der Waals surface area contributed by atoms with Crippen LogP contribution in [0.15, 0.2) is 61.4 Å². The lowest BCUT2D eigenvalue weighted by molar-refractivity contribution is -0.122. The molecule has 0 saturated heterocycles. The number of benzene rings is 2. The molecular weight excluding hydrogens is 574 g/mol. The highest BCUT2D eigenvalue weighted by Crippen LogP contribution is 2.68. The van der Waals surface area contributed by atoms with Gasteiger partial charge in [-0.15, -0.1) is 0 Å². The third-order valence-corrected chi connectivity index (χ3v) is 8.15. The van der Waals surface area contributed by atoms with Gasteiger partial charge in [-0.25, -0.2) is 32.5 Å². The van der Waals surface area contributed by atoms with Gasteiger partial charge in [0, 0.05) is 41.1 Å². The van der Waals surface area contributed by atoms with Gasteiger partial charge in [0.05, 0.1) is 34.8 Å². The molecule has 2 aromatic carbocycles. The van der Waals surface area contributed by atoms with Gasteiger partial charge in [0.1, 0.15) is 24.5 Å². The van der Waals surface area contributed by atoms with E-state index in [9.17, 15) is 22.4 Å². The highest BCUT2D eigenvalue weighted by atomic mass is 19.3. The van der Waals surface area contributed by atoms with Crippen LogP contribution in [0.1, 0.15) is 52.9 Å². The molecule has 1 saturated carbocycles. The van der Waals surface area contributed by atoms with E-state index < -0.39 is 65.6 Å². The molecule has 5 aromatic rings. The molecule has 1 amide bonds. The zero-order valence-electron chi connectivity index (χ0n) is 22.2. The molecule has 3 atom stereocenters. The van der Waals surface area contributed by atoms with Crippen LogP contribution in [-0.2, 0) is 23.7 Å². The number of hydrogen-bond acceptors (Lipinski definition) is 4. The Kier molecular flexibility index (Phi) is 6.29. The van der Waals surface area contributed by atoms with Gasteiger partial charge in [-0.2, -0.15) is 8.78 Å². The van der Waals surface area contributed by atoms with Gasteiger partial charge >= 0.3 is 0 Å². The predicted octanol–water partition coefficient (Wildman–Crippen LogP) is 6.35. The molecule has 0 aliphatic heterocycles. The molecule has 7 rings (SSSR count). The summed E-state index contributed by atoms with van der Waals surface area (Å²) in [6.45, 7) is -0.673. The number of hydrogen-bond donors (Lipinski definition) is 2. The number of halogens is 6. The van der Waals surface area contributed by atoms with E-state index in [1.165, 1.54) is 18.9 Å². The van der Waals surface area contributed by atoms with Crippen LogP contribution in [0.5, 0.6) is 0 Å². The highest BCUT2D eigenvalue weighted by molar-refractivity contribution is 5.92. The number of carbonyl (C=O) groups excluding carboxylic acids is 1. The Balaban J connectivity index is 1.26. The van der Waals surface area contributed by atoms with E-state index in [-0.39, 0.29) is 29.7 Å². The van der Waals surface area contributed by atoms with Crippen LogP contribution in [0.2, 0.25) is 0 Å². The molecule has 43 heavy (non-hydrogen) atoms. The Bertz CT molecular complexity index is 1860. The molecule has 2 N–H and O–H groups in total. The number of carbonyl (C=O) groups is 1. The van der Waals surface area contributed by atoms with Crippen molar-refractivity contribution < 1.29 is 31.1 Å². The summed E-state index contributed by atoms with van der Waals surface area (Å²) in [5.41, 5.74) is 1.73. The Labute approximate surface area is 240 Å². The van der Waals surface area contributed by atoms with Crippen molar-refractivity contribution in [1.82, 2.24) is 29.8 Å². The van der Waals surface area contributed by atoms with Crippen molar-refractivity contribution in [1.29, 1.82) is 0 Å². The van der Waals surface area contributed by atoms with Crippen LogP contribution in [0.25, 0.3) is 22.2 Å². The molecule has 0 radical (unpaired) electrons. The summed E-state index contributed by atoms with van der Waals surface area (Å²) < 4.78 is 86.9. The lowest BCUT2D eigenvalue weighted by Crippen LogP contribution is -2.34. The lowest BCUT2D eigenvalue weighted by Gasteiger charge is -2.22. The fourth-order valence-electron chi connectivity index (χ4n) is 6.33. The van der Waals surface area contributed by atoms with E-state index in [4.69, 9.17) is 0 Å². The Morgan fingerprint density at radius 1 is 1.12 bits per heavy atom. The molecule has 2 unspecified atom stereocenters. The lowest BCUT2D eigenvalue weighted by atomic mass is 9.95. The number of aromatic nitrogens is 5. The quantitative estimate of drug-likeness (QED) is 0.205. The first-order chi connectivity index (χ1) is 20.6. The second kappa shape index (κ2) is 9.96. The van der Waals surface area contributed by atoms with E-state index in [0.29, 0.717) is 22.7 Å². The highest BCUT2D eigenvalue weighted by Gasteiger charge is 2.66. The molecule has 2 aliphatic rings. The number of rotatable bonds is 8.